The van der Waals surface area contributed by atoms with E-state index in [0.29, 0.717) is 13.0 Å². The predicted octanol–water partition coefficient (Wildman–Crippen LogP) is 1.27. The lowest BCUT2D eigenvalue weighted by atomic mass is 10.2. The standard InChI is InChI=1S/C14H23N3O2S/c1-15-9-5-6-12-20(18,19)17-11-10-16(2)13-7-3-4-8-14(13)17/h3-4,7-8,15H,5-6,9-12H2,1-2H3. The maximum Gasteiger partial charge on any atom is 0.235 e. The summed E-state index contributed by atoms with van der Waals surface area (Å²) < 4.78 is 26.6. The van der Waals surface area contributed by atoms with E-state index in [2.05, 4.69) is 10.2 Å². The zero-order valence-corrected chi connectivity index (χ0v) is 13.0. The van der Waals surface area contributed by atoms with Crippen molar-refractivity contribution in [3.8, 4) is 0 Å². The monoisotopic (exact) mass is 297 g/mol. The van der Waals surface area contributed by atoms with Gasteiger partial charge in [0, 0.05) is 13.6 Å². The van der Waals surface area contributed by atoms with Crippen LogP contribution in [0.1, 0.15) is 12.8 Å². The highest BCUT2D eigenvalue weighted by Gasteiger charge is 2.28. The van der Waals surface area contributed by atoms with E-state index < -0.39 is 10.0 Å². The highest BCUT2D eigenvalue weighted by molar-refractivity contribution is 7.92. The second kappa shape index (κ2) is 6.45. The molecule has 112 valence electrons. The maximum absolute atomic E-state index is 12.5. The number of fused-ring (bicyclic) bond motifs is 1. The third-order valence-electron chi connectivity index (χ3n) is 3.62. The normalized spacial score (nSPS) is 15.3. The molecule has 1 N–H and O–H groups in total. The van der Waals surface area contributed by atoms with Crippen LogP contribution >= 0.6 is 0 Å². The number of rotatable bonds is 6. The Morgan fingerprint density at radius 2 is 1.85 bits per heavy atom. The molecule has 1 aromatic carbocycles. The van der Waals surface area contributed by atoms with Crippen LogP contribution in [0.5, 0.6) is 0 Å². The van der Waals surface area contributed by atoms with Crippen molar-refractivity contribution in [2.24, 2.45) is 0 Å². The Labute approximate surface area is 121 Å². The van der Waals surface area contributed by atoms with Gasteiger partial charge < -0.3 is 10.2 Å². The molecule has 0 atom stereocenters. The second-order valence-electron chi connectivity index (χ2n) is 5.11. The minimum atomic E-state index is -3.22. The molecular formula is C14H23N3O2S. The van der Waals surface area contributed by atoms with Crippen LogP contribution in [0.15, 0.2) is 24.3 Å². The van der Waals surface area contributed by atoms with Gasteiger partial charge in [0.1, 0.15) is 0 Å². The van der Waals surface area contributed by atoms with Gasteiger partial charge in [0.15, 0.2) is 0 Å². The van der Waals surface area contributed by atoms with Crippen molar-refractivity contribution in [1.82, 2.24) is 5.32 Å². The summed E-state index contributed by atoms with van der Waals surface area (Å²) in [4.78, 5) is 2.10. The van der Waals surface area contributed by atoms with Crippen LogP contribution < -0.4 is 14.5 Å². The summed E-state index contributed by atoms with van der Waals surface area (Å²) in [6.45, 7) is 2.11. The van der Waals surface area contributed by atoms with Gasteiger partial charge in [0.05, 0.1) is 23.7 Å². The average Bonchev–Trinajstić information content (AvgIpc) is 2.44. The fourth-order valence-electron chi connectivity index (χ4n) is 2.46. The molecule has 0 radical (unpaired) electrons. The molecule has 1 heterocycles. The molecular weight excluding hydrogens is 274 g/mol. The molecule has 5 nitrogen and oxygen atoms in total. The lowest BCUT2D eigenvalue weighted by Gasteiger charge is -2.36. The van der Waals surface area contributed by atoms with E-state index in [4.69, 9.17) is 0 Å². The van der Waals surface area contributed by atoms with Gasteiger partial charge in [-0.15, -0.1) is 0 Å². The van der Waals surface area contributed by atoms with Crippen molar-refractivity contribution in [3.63, 3.8) is 0 Å². The Morgan fingerprint density at radius 1 is 1.15 bits per heavy atom. The van der Waals surface area contributed by atoms with E-state index in [1.165, 1.54) is 0 Å². The highest BCUT2D eigenvalue weighted by Crippen LogP contribution is 2.33. The molecule has 1 aliphatic heterocycles. The fraction of sp³-hybridized carbons (Fsp3) is 0.571. The molecule has 0 unspecified atom stereocenters. The number of nitrogens with one attached hydrogen (secondary N) is 1. The van der Waals surface area contributed by atoms with E-state index >= 15 is 0 Å². The first kappa shape index (κ1) is 15.1. The lowest BCUT2D eigenvalue weighted by molar-refractivity contribution is 0.583. The number of likely N-dealkylation sites (N-methyl/N-ethyl adjacent to an activating group) is 1. The van der Waals surface area contributed by atoms with Crippen molar-refractivity contribution in [3.05, 3.63) is 24.3 Å². The third kappa shape index (κ3) is 3.24. The first-order valence-corrected chi connectivity index (χ1v) is 8.62. The first-order chi connectivity index (χ1) is 9.56. The molecule has 0 amide bonds. The Morgan fingerprint density at radius 3 is 2.55 bits per heavy atom. The van der Waals surface area contributed by atoms with Gasteiger partial charge in [-0.2, -0.15) is 0 Å². The SMILES string of the molecule is CNCCCCS(=O)(=O)N1CCN(C)c2ccccc21. The van der Waals surface area contributed by atoms with E-state index in [1.807, 2.05) is 38.4 Å². The summed E-state index contributed by atoms with van der Waals surface area (Å²) >= 11 is 0. The van der Waals surface area contributed by atoms with Crippen LogP contribution in [0.3, 0.4) is 0 Å². The van der Waals surface area contributed by atoms with Gasteiger partial charge in [-0.05, 0) is 38.6 Å². The number of benzene rings is 1. The molecule has 1 aromatic rings. The van der Waals surface area contributed by atoms with E-state index in [-0.39, 0.29) is 5.75 Å². The molecule has 0 saturated heterocycles. The van der Waals surface area contributed by atoms with Crippen LogP contribution in [0.25, 0.3) is 0 Å². The summed E-state index contributed by atoms with van der Waals surface area (Å²) in [6, 6.07) is 7.69. The van der Waals surface area contributed by atoms with Crippen LogP contribution in [0.2, 0.25) is 0 Å². The van der Waals surface area contributed by atoms with Gasteiger partial charge in [0.2, 0.25) is 10.0 Å². The van der Waals surface area contributed by atoms with Gasteiger partial charge in [0.25, 0.3) is 0 Å². The summed E-state index contributed by atoms with van der Waals surface area (Å²) in [5.41, 5.74) is 1.78. The summed E-state index contributed by atoms with van der Waals surface area (Å²) in [7, 11) is 0.654. The molecule has 0 bridgehead atoms. The Kier molecular flexibility index (Phi) is 4.88. The van der Waals surface area contributed by atoms with Gasteiger partial charge in [-0.25, -0.2) is 8.42 Å². The van der Waals surface area contributed by atoms with Crippen LogP contribution in [0, 0.1) is 0 Å². The molecule has 2 rings (SSSR count). The van der Waals surface area contributed by atoms with Crippen molar-refractivity contribution in [2.45, 2.75) is 12.8 Å². The highest BCUT2D eigenvalue weighted by atomic mass is 32.2. The number of nitrogens with zero attached hydrogens (tertiary/aromatic N) is 2. The first-order valence-electron chi connectivity index (χ1n) is 7.01. The molecule has 1 aliphatic rings. The second-order valence-corrected chi connectivity index (χ2v) is 7.12. The van der Waals surface area contributed by atoms with Gasteiger partial charge in [-0.3, -0.25) is 4.31 Å². The van der Waals surface area contributed by atoms with Crippen molar-refractivity contribution >= 4 is 21.4 Å². The van der Waals surface area contributed by atoms with Crippen molar-refractivity contribution in [2.75, 3.05) is 48.7 Å². The number of sulfonamides is 1. The van der Waals surface area contributed by atoms with Crippen LogP contribution in [-0.2, 0) is 10.0 Å². The summed E-state index contributed by atoms with van der Waals surface area (Å²) in [6.07, 6.45) is 1.57. The molecule has 0 aromatic heterocycles. The van der Waals surface area contributed by atoms with Crippen LogP contribution in [0.4, 0.5) is 11.4 Å². The average molecular weight is 297 g/mol. The molecule has 6 heteroatoms. The van der Waals surface area contributed by atoms with E-state index in [1.54, 1.807) is 4.31 Å². The Hall–Kier alpha value is -1.27. The Bertz CT molecular complexity index is 545. The largest absolute Gasteiger partial charge is 0.371 e. The smallest absolute Gasteiger partial charge is 0.235 e. The minimum Gasteiger partial charge on any atom is -0.371 e. The summed E-state index contributed by atoms with van der Waals surface area (Å²) in [5, 5.41) is 3.04. The summed E-state index contributed by atoms with van der Waals surface area (Å²) in [5.74, 6) is 0.215. The van der Waals surface area contributed by atoms with E-state index in [9.17, 15) is 8.42 Å². The van der Waals surface area contributed by atoms with Crippen molar-refractivity contribution < 1.29 is 8.42 Å². The van der Waals surface area contributed by atoms with Crippen LogP contribution in [-0.4, -0.2) is 47.9 Å². The molecule has 0 aliphatic carbocycles. The molecule has 0 saturated carbocycles. The number of hydrogen-bond donors (Lipinski definition) is 1. The fourth-order valence-corrected chi connectivity index (χ4v) is 4.07. The van der Waals surface area contributed by atoms with Crippen molar-refractivity contribution in [1.29, 1.82) is 0 Å². The quantitative estimate of drug-likeness (QED) is 0.804. The topological polar surface area (TPSA) is 52.7 Å². The molecule has 0 spiro atoms. The lowest BCUT2D eigenvalue weighted by Crippen LogP contribution is -2.43. The zero-order chi connectivity index (χ0) is 14.6. The zero-order valence-electron chi connectivity index (χ0n) is 12.2. The predicted molar refractivity (Wildman–Crippen MR) is 84.0 cm³/mol. The van der Waals surface area contributed by atoms with Gasteiger partial charge in [-0.1, -0.05) is 12.1 Å². The number of unbranched alkanes of at least 4 members (excludes halogenated alkanes) is 1. The molecule has 20 heavy (non-hydrogen) atoms. The molecule has 0 fully saturated rings. The van der Waals surface area contributed by atoms with E-state index in [0.717, 1.165) is 30.9 Å². The number of anilines is 2. The maximum atomic E-state index is 12.5. The number of para-hydroxylation sites is 2. The third-order valence-corrected chi connectivity index (χ3v) is 5.47. The minimum absolute atomic E-state index is 0.215. The Balaban J connectivity index is 2.14. The van der Waals surface area contributed by atoms with Gasteiger partial charge >= 0.3 is 0 Å². The number of hydrogen-bond acceptors (Lipinski definition) is 4.